The number of nitrogens with zero attached hydrogens (tertiary/aromatic N) is 4. The Morgan fingerprint density at radius 2 is 1.92 bits per heavy atom. The van der Waals surface area contributed by atoms with E-state index in [9.17, 15) is 28.2 Å². The second kappa shape index (κ2) is 10.7. The molecule has 1 aliphatic rings. The average Bonchev–Trinajstić information content (AvgIpc) is 3.42. The Balaban J connectivity index is 1.32. The maximum absolute atomic E-state index is 12.3. The second-order valence-electron chi connectivity index (χ2n) is 8.24. The number of ether oxygens (including phenoxy) is 1. The topological polar surface area (TPSA) is 220 Å². The molecule has 0 aliphatic carbocycles. The van der Waals surface area contributed by atoms with E-state index in [2.05, 4.69) is 19.7 Å². The largest absolute Gasteiger partial charge is 0.478 e. The van der Waals surface area contributed by atoms with Crippen molar-refractivity contribution in [1.82, 2.24) is 24.2 Å². The van der Waals surface area contributed by atoms with E-state index >= 15 is 0 Å². The molecule has 1 aliphatic heterocycles. The number of aromatic nitrogens is 4. The predicted molar refractivity (Wildman–Crippen MR) is 129 cm³/mol. The Morgan fingerprint density at radius 3 is 2.68 bits per heavy atom. The van der Waals surface area contributed by atoms with Crippen molar-refractivity contribution in [2.24, 2.45) is 0 Å². The van der Waals surface area contributed by atoms with Gasteiger partial charge in [0, 0.05) is 23.9 Å². The number of nitrogens with two attached hydrogens (primary N) is 1. The molecule has 0 bridgehead atoms. The fourth-order valence-electron chi connectivity index (χ4n) is 3.81. The first-order valence-electron chi connectivity index (χ1n) is 11.0. The van der Waals surface area contributed by atoms with Crippen LogP contribution in [0.2, 0.25) is 0 Å². The van der Waals surface area contributed by atoms with Gasteiger partial charge in [0.15, 0.2) is 23.5 Å². The first kappa shape index (κ1) is 26.3. The van der Waals surface area contributed by atoms with E-state index < -0.39 is 40.5 Å². The van der Waals surface area contributed by atoms with Crippen molar-refractivity contribution in [2.75, 3.05) is 12.3 Å². The SMILES string of the molecule is Nc1ncnc2c1ncn2[C@@H]1O[C@H](CNS(=O)(=O)/C=C/CCC(=O)c2cccc(C(=O)O)c2)[C@@H](O)[C@H]1O. The molecule has 0 unspecified atom stereocenters. The molecule has 1 aromatic carbocycles. The van der Waals surface area contributed by atoms with Crippen molar-refractivity contribution in [1.29, 1.82) is 0 Å². The maximum atomic E-state index is 12.3. The Hall–Kier alpha value is -3.76. The number of anilines is 1. The number of aromatic carboxylic acids is 1. The van der Waals surface area contributed by atoms with Crippen LogP contribution in [0.1, 0.15) is 39.8 Å². The number of allylic oxidation sites excluding steroid dienone is 1. The van der Waals surface area contributed by atoms with Gasteiger partial charge in [0.2, 0.25) is 10.0 Å². The monoisotopic (exact) mass is 532 g/mol. The van der Waals surface area contributed by atoms with Gasteiger partial charge in [-0.3, -0.25) is 9.36 Å². The number of hydrogen-bond acceptors (Lipinski definition) is 11. The molecule has 14 nitrogen and oxygen atoms in total. The summed E-state index contributed by atoms with van der Waals surface area (Å²) in [7, 11) is -3.95. The molecule has 3 aromatic rings. The minimum Gasteiger partial charge on any atom is -0.478 e. The van der Waals surface area contributed by atoms with Crippen LogP contribution in [0.4, 0.5) is 5.82 Å². The van der Waals surface area contributed by atoms with Crippen molar-refractivity contribution in [3.05, 3.63) is 59.5 Å². The fourth-order valence-corrected chi connectivity index (χ4v) is 4.69. The van der Waals surface area contributed by atoms with Gasteiger partial charge in [-0.05, 0) is 18.6 Å². The number of carboxylic acids is 1. The van der Waals surface area contributed by atoms with Crippen molar-refractivity contribution >= 4 is 38.8 Å². The van der Waals surface area contributed by atoms with E-state index in [1.165, 1.54) is 47.6 Å². The smallest absolute Gasteiger partial charge is 0.335 e. The van der Waals surface area contributed by atoms with Gasteiger partial charge in [-0.1, -0.05) is 18.2 Å². The molecular formula is C22H24N6O8S. The number of benzene rings is 1. The van der Waals surface area contributed by atoms with Crippen LogP contribution in [0.5, 0.6) is 0 Å². The summed E-state index contributed by atoms with van der Waals surface area (Å²) >= 11 is 0. The van der Waals surface area contributed by atoms with Crippen LogP contribution in [-0.4, -0.2) is 79.9 Å². The zero-order valence-corrected chi connectivity index (χ0v) is 20.0. The number of Topliss-reactive ketones (excluding diaryl/α,β-unsaturated/α-hetero) is 1. The fraction of sp³-hybridized carbons (Fsp3) is 0.318. The minimum atomic E-state index is -3.95. The summed E-state index contributed by atoms with van der Waals surface area (Å²) in [5.74, 6) is -1.36. The number of ketones is 1. The Kier molecular flexibility index (Phi) is 7.60. The van der Waals surface area contributed by atoms with Gasteiger partial charge in [0.25, 0.3) is 0 Å². The summed E-state index contributed by atoms with van der Waals surface area (Å²) in [6.07, 6.45) is -1.09. The molecule has 4 rings (SSSR count). The van der Waals surface area contributed by atoms with Crippen LogP contribution in [0.25, 0.3) is 11.2 Å². The number of carbonyl (C=O) groups excluding carboxylic acids is 1. The third-order valence-corrected chi connectivity index (χ3v) is 6.85. The number of rotatable bonds is 10. The van der Waals surface area contributed by atoms with Gasteiger partial charge in [0.1, 0.15) is 30.2 Å². The lowest BCUT2D eigenvalue weighted by Crippen LogP contribution is -2.39. The standard InChI is InChI=1S/C22H24N6O8S/c23-19-16-20(25-10-24-19)28(11-26-16)21-18(31)17(30)15(36-21)9-27-37(34,35)7-2-1-6-14(29)12-4-3-5-13(8-12)22(32)33/h2-5,7-8,10-11,15,17-18,21,27,30-31H,1,6,9H2,(H,32,33)(H2,23,24,25)/b7-2+/t15-,17-,18-,21-/m1/s1. The van der Waals surface area contributed by atoms with Crippen molar-refractivity contribution in [3.8, 4) is 0 Å². The van der Waals surface area contributed by atoms with E-state index in [0.717, 1.165) is 5.41 Å². The third kappa shape index (κ3) is 5.81. The van der Waals surface area contributed by atoms with Crippen LogP contribution in [0.15, 0.2) is 48.4 Å². The number of aliphatic hydroxyl groups excluding tert-OH is 2. The molecule has 0 spiro atoms. The molecular weight excluding hydrogens is 508 g/mol. The highest BCUT2D eigenvalue weighted by atomic mass is 32.2. The highest BCUT2D eigenvalue weighted by Gasteiger charge is 2.44. The molecule has 0 radical (unpaired) electrons. The number of aliphatic hydroxyl groups is 2. The summed E-state index contributed by atoms with van der Waals surface area (Å²) in [6, 6.07) is 5.57. The van der Waals surface area contributed by atoms with Gasteiger partial charge in [-0.15, -0.1) is 0 Å². The Labute approximate surface area is 210 Å². The van der Waals surface area contributed by atoms with Gasteiger partial charge >= 0.3 is 5.97 Å². The first-order chi connectivity index (χ1) is 17.6. The Bertz CT molecular complexity index is 1460. The molecule has 4 atom stereocenters. The van der Waals surface area contributed by atoms with Gasteiger partial charge in [0.05, 0.1) is 11.9 Å². The summed E-state index contributed by atoms with van der Waals surface area (Å²) in [5, 5.41) is 30.8. The number of imidazole rings is 1. The third-order valence-electron chi connectivity index (χ3n) is 5.73. The lowest BCUT2D eigenvalue weighted by molar-refractivity contribution is -0.0329. The average molecular weight is 533 g/mol. The first-order valence-corrected chi connectivity index (χ1v) is 12.6. The van der Waals surface area contributed by atoms with Gasteiger partial charge in [-0.25, -0.2) is 32.9 Å². The summed E-state index contributed by atoms with van der Waals surface area (Å²) in [4.78, 5) is 35.3. The number of nitrogen functional groups attached to an aromatic ring is 1. The number of hydrogen-bond donors (Lipinski definition) is 5. The van der Waals surface area contributed by atoms with Crippen LogP contribution < -0.4 is 10.5 Å². The molecule has 0 amide bonds. The zero-order valence-electron chi connectivity index (χ0n) is 19.2. The van der Waals surface area contributed by atoms with Crippen LogP contribution in [-0.2, 0) is 14.8 Å². The number of nitrogens with one attached hydrogen (secondary N) is 1. The summed E-state index contributed by atoms with van der Waals surface area (Å²) < 4.78 is 34.0. The van der Waals surface area contributed by atoms with Crippen molar-refractivity contribution in [3.63, 3.8) is 0 Å². The van der Waals surface area contributed by atoms with E-state index in [0.29, 0.717) is 0 Å². The second-order valence-corrected chi connectivity index (χ2v) is 9.89. The van der Waals surface area contributed by atoms with E-state index in [4.69, 9.17) is 15.6 Å². The molecule has 3 heterocycles. The molecule has 1 saturated heterocycles. The minimum absolute atomic E-state index is 0.0181. The maximum Gasteiger partial charge on any atom is 0.335 e. The summed E-state index contributed by atoms with van der Waals surface area (Å²) in [5.41, 5.74) is 6.52. The molecule has 15 heteroatoms. The van der Waals surface area contributed by atoms with Crippen molar-refractivity contribution < 1.29 is 38.1 Å². The number of carboxylic acid groups (broad SMARTS) is 1. The lowest BCUT2D eigenvalue weighted by Gasteiger charge is -2.16. The van der Waals surface area contributed by atoms with E-state index in [1.54, 1.807) is 0 Å². The van der Waals surface area contributed by atoms with Crippen LogP contribution in [0, 0.1) is 0 Å². The number of carbonyl (C=O) groups is 2. The van der Waals surface area contributed by atoms with E-state index in [-0.39, 0.29) is 53.3 Å². The quantitative estimate of drug-likeness (QED) is 0.215. The zero-order chi connectivity index (χ0) is 26.7. The molecule has 1 fully saturated rings. The molecule has 196 valence electrons. The number of sulfonamides is 1. The number of fused-ring (bicyclic) bond motifs is 1. The molecule has 2 aromatic heterocycles. The van der Waals surface area contributed by atoms with Crippen LogP contribution >= 0.6 is 0 Å². The summed E-state index contributed by atoms with van der Waals surface area (Å²) in [6.45, 7) is -0.341. The predicted octanol–water partition coefficient (Wildman–Crippen LogP) is -0.178. The normalized spacial score (nSPS) is 22.1. The molecule has 6 N–H and O–H groups in total. The van der Waals surface area contributed by atoms with Crippen LogP contribution in [0.3, 0.4) is 0 Å². The highest BCUT2D eigenvalue weighted by Crippen LogP contribution is 2.31. The van der Waals surface area contributed by atoms with E-state index in [1.807, 2.05) is 0 Å². The van der Waals surface area contributed by atoms with Gasteiger partial charge < -0.3 is 25.8 Å². The molecule has 0 saturated carbocycles. The highest BCUT2D eigenvalue weighted by molar-refractivity contribution is 7.92. The Morgan fingerprint density at radius 1 is 1.16 bits per heavy atom. The molecule has 37 heavy (non-hydrogen) atoms. The lowest BCUT2D eigenvalue weighted by atomic mass is 10.0. The van der Waals surface area contributed by atoms with Crippen molar-refractivity contribution in [2.45, 2.75) is 37.4 Å². The van der Waals surface area contributed by atoms with Gasteiger partial charge in [-0.2, -0.15) is 0 Å².